The number of aromatic nitrogens is 2. The zero-order valence-electron chi connectivity index (χ0n) is 29.3. The molecule has 0 saturated carbocycles. The van der Waals surface area contributed by atoms with E-state index >= 15 is 0 Å². The van der Waals surface area contributed by atoms with Gasteiger partial charge in [0.25, 0.3) is 0 Å². The average molecular weight is 727 g/mol. The van der Waals surface area contributed by atoms with Gasteiger partial charge in [-0.2, -0.15) is 0 Å². The normalized spacial score (nSPS) is 11.1. The van der Waals surface area contributed by atoms with E-state index in [9.17, 15) is 32.3 Å². The molecule has 0 spiro atoms. The fraction of sp³-hybridized carbons (Fsp3) is 0.382. The topological polar surface area (TPSA) is 196 Å². The molecule has 0 bridgehead atoms. The van der Waals surface area contributed by atoms with E-state index in [4.69, 9.17) is 9.94 Å². The summed E-state index contributed by atoms with van der Waals surface area (Å²) in [6.07, 6.45) is -4.65. The molecule has 0 radical (unpaired) electrons. The van der Waals surface area contributed by atoms with Crippen molar-refractivity contribution in [2.75, 3.05) is 23.8 Å². The third-order valence-corrected chi connectivity index (χ3v) is 7.34. The van der Waals surface area contributed by atoms with E-state index in [0.29, 0.717) is 36.6 Å². The number of aryl methyl sites for hydroxylation is 1. The number of alkyl carbamates (subject to hydrolysis) is 1. The standard InChI is InChI=1S/C34H42BF3N8O6/c1-5-52-33(50)41-18-23-11-10-22(15-26(23)34(36,37)38)31(48)45-28-16-27(42-20(4)43-28)44-30(35)25-14-21(17-40-19(2)3)9-12-24(25)32(49)39-13-7-6-8-29(47)46-51/h9-12,14-16,19,35,40,51H,5-8,13,17-18H2,1-4H3,(H,39,49)(H,41,50)(H,46,47)(H2,42,43,44,45,48). The van der Waals surface area contributed by atoms with Crippen molar-refractivity contribution in [3.8, 4) is 0 Å². The van der Waals surface area contributed by atoms with Crippen molar-refractivity contribution in [3.63, 3.8) is 0 Å². The van der Waals surface area contributed by atoms with Gasteiger partial charge in [0.05, 0.1) is 6.61 Å². The van der Waals surface area contributed by atoms with E-state index in [1.54, 1.807) is 31.5 Å². The number of nitrogens with one attached hydrogen (secondary N) is 6. The summed E-state index contributed by atoms with van der Waals surface area (Å²) in [5.74, 6) is -1.40. The molecule has 0 fully saturated rings. The number of halogens is 3. The predicted molar refractivity (Wildman–Crippen MR) is 189 cm³/mol. The Bertz CT molecular complexity index is 1770. The maximum atomic E-state index is 13.9. The van der Waals surface area contributed by atoms with Crippen molar-refractivity contribution >= 4 is 48.5 Å². The number of benzene rings is 2. The average Bonchev–Trinajstić information content (AvgIpc) is 3.08. The van der Waals surface area contributed by atoms with Crippen LogP contribution in [0, 0.1) is 6.92 Å². The van der Waals surface area contributed by atoms with Crippen LogP contribution in [0.2, 0.25) is 0 Å². The summed E-state index contributed by atoms with van der Waals surface area (Å²) in [5, 5.41) is 22.6. The van der Waals surface area contributed by atoms with Crippen molar-refractivity contribution in [2.45, 2.75) is 72.3 Å². The second-order valence-electron chi connectivity index (χ2n) is 11.9. The van der Waals surface area contributed by atoms with Crippen LogP contribution in [0.4, 0.5) is 29.6 Å². The number of nitrogens with zero attached hydrogens (tertiary/aromatic N) is 2. The SMILES string of the molecule is B=C(Nc1cc(NC(=O)c2ccc(CNC(=O)OCC)c(C(F)(F)F)c2)nc(C)n1)c1cc(CNC(C)C)ccc1C(=O)NCCCCC(=O)NO. The second-order valence-corrected chi connectivity index (χ2v) is 11.9. The molecule has 3 rings (SSSR count). The Balaban J connectivity index is 1.81. The van der Waals surface area contributed by atoms with Gasteiger partial charge in [-0.15, -0.1) is 0 Å². The summed E-state index contributed by atoms with van der Waals surface area (Å²) in [5.41, 5.74) is 1.81. The van der Waals surface area contributed by atoms with Gasteiger partial charge in [-0.1, -0.05) is 0 Å². The quantitative estimate of drug-likeness (QED) is 0.0467. The van der Waals surface area contributed by atoms with Gasteiger partial charge in [0.15, 0.2) is 0 Å². The molecule has 1 aromatic heterocycles. The number of hydrogen-bond acceptors (Lipinski definition) is 10. The van der Waals surface area contributed by atoms with E-state index in [2.05, 4.69) is 44.0 Å². The first-order valence-corrected chi connectivity index (χ1v) is 16.4. The molecule has 1 heterocycles. The monoisotopic (exact) mass is 726 g/mol. The third kappa shape index (κ3) is 12.8. The first kappa shape index (κ1) is 41.1. The van der Waals surface area contributed by atoms with E-state index in [1.165, 1.54) is 12.1 Å². The Morgan fingerprint density at radius 3 is 2.27 bits per heavy atom. The number of unbranched alkanes of at least 4 members (excludes halogenated alkanes) is 1. The molecule has 3 aromatic rings. The second kappa shape index (κ2) is 19.3. The summed E-state index contributed by atoms with van der Waals surface area (Å²) < 4.78 is 46.4. The van der Waals surface area contributed by atoms with Gasteiger partial charge in [0.2, 0.25) is 0 Å². The molecule has 7 N–H and O–H groups in total. The molecular weight excluding hydrogens is 684 g/mol. The number of hydrogen-bond donors (Lipinski definition) is 7. The van der Waals surface area contributed by atoms with E-state index < -0.39 is 36.2 Å². The van der Waals surface area contributed by atoms with Crippen LogP contribution in [0.1, 0.15) is 88.8 Å². The zero-order valence-corrected chi connectivity index (χ0v) is 29.3. The number of carbonyl (C=O) groups is 4. The van der Waals surface area contributed by atoms with Gasteiger partial charge >= 0.3 is 272 Å². The molecule has 0 aliphatic rings. The number of amides is 4. The van der Waals surface area contributed by atoms with Crippen molar-refractivity contribution in [1.29, 1.82) is 0 Å². The van der Waals surface area contributed by atoms with Crippen LogP contribution in [0.5, 0.6) is 0 Å². The Hall–Kier alpha value is -5.36. The predicted octanol–water partition coefficient (Wildman–Crippen LogP) is 3.70. The van der Waals surface area contributed by atoms with Crippen molar-refractivity contribution in [1.82, 2.24) is 31.4 Å². The molecule has 278 valence electrons. The summed E-state index contributed by atoms with van der Waals surface area (Å²) in [6.45, 7) is 7.47. The van der Waals surface area contributed by atoms with E-state index in [-0.39, 0.29) is 65.7 Å². The Morgan fingerprint density at radius 2 is 1.62 bits per heavy atom. The number of alkyl halides is 3. The summed E-state index contributed by atoms with van der Waals surface area (Å²) in [4.78, 5) is 57.7. The van der Waals surface area contributed by atoms with E-state index in [0.717, 1.165) is 11.6 Å². The molecule has 4 amide bonds. The number of hydroxylamine groups is 1. The molecule has 2 aromatic carbocycles. The van der Waals surface area contributed by atoms with Gasteiger partial charge in [-0.3, -0.25) is 0 Å². The van der Waals surface area contributed by atoms with Crippen LogP contribution in [-0.2, 0) is 28.8 Å². The maximum absolute atomic E-state index is 13.9. The van der Waals surface area contributed by atoms with Crippen LogP contribution in [0.3, 0.4) is 0 Å². The number of rotatable bonds is 17. The van der Waals surface area contributed by atoms with Crippen molar-refractivity contribution in [2.24, 2.45) is 0 Å². The Kier molecular flexibility index (Phi) is 15.2. The van der Waals surface area contributed by atoms with Gasteiger partial charge in [0, 0.05) is 0 Å². The van der Waals surface area contributed by atoms with Crippen molar-refractivity contribution in [3.05, 3.63) is 81.7 Å². The molecule has 0 aliphatic carbocycles. The zero-order chi connectivity index (χ0) is 38.4. The molecular formula is C34H42BF3N8O6. The first-order valence-electron chi connectivity index (χ1n) is 16.4. The minimum absolute atomic E-state index is 0.0165. The minimum atomic E-state index is -4.82. The summed E-state index contributed by atoms with van der Waals surface area (Å²) in [6, 6.07) is 9.82. The number of anilines is 2. The van der Waals surface area contributed by atoms with Gasteiger partial charge in [-0.25, -0.2) is 4.79 Å². The first-order chi connectivity index (χ1) is 24.6. The Labute approximate surface area is 299 Å². The number of ether oxygens (including phenoxy) is 1. The Morgan fingerprint density at radius 1 is 0.904 bits per heavy atom. The molecule has 0 atom stereocenters. The van der Waals surface area contributed by atoms with Crippen LogP contribution < -0.4 is 32.1 Å². The van der Waals surface area contributed by atoms with Crippen molar-refractivity contribution < 1.29 is 42.3 Å². The van der Waals surface area contributed by atoms with Gasteiger partial charge < -0.3 is 10.1 Å². The fourth-order valence-corrected chi connectivity index (χ4v) is 4.83. The molecule has 0 saturated heterocycles. The van der Waals surface area contributed by atoms with Crippen LogP contribution in [-0.4, -0.2) is 71.3 Å². The van der Waals surface area contributed by atoms with Gasteiger partial charge in [-0.05, 0) is 6.92 Å². The molecule has 0 aliphatic heterocycles. The van der Waals surface area contributed by atoms with E-state index in [1.807, 2.05) is 19.9 Å². The van der Waals surface area contributed by atoms with Gasteiger partial charge in [0.1, 0.15) is 0 Å². The molecule has 52 heavy (non-hydrogen) atoms. The summed E-state index contributed by atoms with van der Waals surface area (Å²) >= 11 is 0. The molecule has 0 unspecified atom stereocenters. The molecule has 18 heteroatoms. The number of carbonyl (C=O) groups excluding carboxylic acids is 4. The van der Waals surface area contributed by atoms with Crippen LogP contribution in [0.25, 0.3) is 0 Å². The van der Waals surface area contributed by atoms with Crippen LogP contribution >= 0.6 is 0 Å². The summed E-state index contributed by atoms with van der Waals surface area (Å²) in [7, 11) is 4.12. The molecule has 14 nitrogen and oxygen atoms in total. The van der Waals surface area contributed by atoms with Crippen LogP contribution in [0.15, 0.2) is 42.5 Å². The third-order valence-electron chi connectivity index (χ3n) is 7.34. The fourth-order valence-electron chi connectivity index (χ4n) is 4.83.